The normalized spacial score (nSPS) is 10.3. The maximum Gasteiger partial charge on any atom is 0.224 e. The molecule has 0 aliphatic carbocycles. The molecule has 0 saturated heterocycles. The van der Waals surface area contributed by atoms with Gasteiger partial charge in [-0.3, -0.25) is 4.98 Å². The summed E-state index contributed by atoms with van der Waals surface area (Å²) in [6.45, 7) is 5.34. The molecule has 0 unspecified atom stereocenters. The summed E-state index contributed by atoms with van der Waals surface area (Å²) in [6, 6.07) is 4.00. The summed E-state index contributed by atoms with van der Waals surface area (Å²) in [7, 11) is 0. The maximum atomic E-state index is 6.06. The summed E-state index contributed by atoms with van der Waals surface area (Å²) in [4.78, 5) is 12.6. The van der Waals surface area contributed by atoms with Gasteiger partial charge in [0, 0.05) is 25.0 Å². The fourth-order valence-corrected chi connectivity index (χ4v) is 1.68. The predicted octanol–water partition coefficient (Wildman–Crippen LogP) is 2.88. The number of halogens is 1. The molecular formula is C13H16ClN5. The van der Waals surface area contributed by atoms with Crippen molar-refractivity contribution >= 4 is 23.4 Å². The molecule has 0 aliphatic heterocycles. The van der Waals surface area contributed by atoms with Crippen LogP contribution < -0.4 is 10.6 Å². The number of rotatable bonds is 5. The van der Waals surface area contributed by atoms with Crippen molar-refractivity contribution in [3.63, 3.8) is 0 Å². The lowest BCUT2D eigenvalue weighted by Gasteiger charge is -2.09. The van der Waals surface area contributed by atoms with Gasteiger partial charge in [-0.05, 0) is 25.5 Å². The third-order valence-corrected chi connectivity index (χ3v) is 2.79. The lowest BCUT2D eigenvalue weighted by Crippen LogP contribution is -2.07. The van der Waals surface area contributed by atoms with Gasteiger partial charge in [0.25, 0.3) is 0 Å². The van der Waals surface area contributed by atoms with Crippen LogP contribution in [0.1, 0.15) is 18.2 Å². The summed E-state index contributed by atoms with van der Waals surface area (Å²) in [5, 5.41) is 6.73. The first-order valence-corrected chi connectivity index (χ1v) is 6.48. The number of aryl methyl sites for hydroxylation is 1. The van der Waals surface area contributed by atoms with E-state index in [1.54, 1.807) is 6.20 Å². The van der Waals surface area contributed by atoms with Crippen molar-refractivity contribution in [1.82, 2.24) is 15.0 Å². The zero-order valence-corrected chi connectivity index (χ0v) is 11.7. The lowest BCUT2D eigenvalue weighted by molar-refractivity contribution is 1.04. The Morgan fingerprint density at radius 1 is 1.16 bits per heavy atom. The Morgan fingerprint density at radius 3 is 2.68 bits per heavy atom. The van der Waals surface area contributed by atoms with Gasteiger partial charge >= 0.3 is 0 Å². The average Bonchev–Trinajstić information content (AvgIpc) is 2.41. The van der Waals surface area contributed by atoms with E-state index in [0.717, 1.165) is 17.8 Å². The van der Waals surface area contributed by atoms with Gasteiger partial charge in [-0.15, -0.1) is 0 Å². The van der Waals surface area contributed by atoms with E-state index in [-0.39, 0.29) is 0 Å². The number of nitrogens with one attached hydrogen (secondary N) is 2. The Hall–Kier alpha value is -1.88. The molecule has 6 heteroatoms. The molecule has 0 spiro atoms. The minimum atomic E-state index is 0.502. The van der Waals surface area contributed by atoms with Crippen LogP contribution in [0.5, 0.6) is 0 Å². The highest BCUT2D eigenvalue weighted by Gasteiger charge is 2.04. The highest BCUT2D eigenvalue weighted by molar-refractivity contribution is 6.32. The fourth-order valence-electron chi connectivity index (χ4n) is 1.52. The second-order valence-corrected chi connectivity index (χ2v) is 4.49. The van der Waals surface area contributed by atoms with Gasteiger partial charge in [0.1, 0.15) is 5.02 Å². The molecule has 0 aromatic carbocycles. The first-order chi connectivity index (χ1) is 9.19. The zero-order chi connectivity index (χ0) is 13.7. The summed E-state index contributed by atoms with van der Waals surface area (Å²) in [5.41, 5.74) is 2.07. The van der Waals surface area contributed by atoms with Gasteiger partial charge in [0.05, 0.1) is 6.20 Å². The Balaban J connectivity index is 2.05. The van der Waals surface area contributed by atoms with E-state index in [1.165, 1.54) is 0 Å². The Bertz CT molecular complexity index is 541. The Morgan fingerprint density at radius 2 is 2.00 bits per heavy atom. The molecule has 0 amide bonds. The van der Waals surface area contributed by atoms with Gasteiger partial charge in [-0.2, -0.15) is 4.98 Å². The van der Waals surface area contributed by atoms with E-state index in [0.29, 0.717) is 23.3 Å². The Labute approximate surface area is 117 Å². The summed E-state index contributed by atoms with van der Waals surface area (Å²) >= 11 is 6.06. The van der Waals surface area contributed by atoms with Crippen LogP contribution >= 0.6 is 11.6 Å². The standard InChI is InChI=1S/C13H16ClN5/c1-3-15-13-18-8-11(14)12(19-13)17-7-10-5-4-9(2)16-6-10/h4-6,8H,3,7H2,1-2H3,(H2,15,17,18,19). The van der Waals surface area contributed by atoms with Crippen LogP contribution in [0.2, 0.25) is 5.02 Å². The molecule has 2 aromatic heterocycles. The van der Waals surface area contributed by atoms with Crippen LogP contribution in [0.25, 0.3) is 0 Å². The number of anilines is 2. The first-order valence-electron chi connectivity index (χ1n) is 6.11. The van der Waals surface area contributed by atoms with Crippen LogP contribution in [0.3, 0.4) is 0 Å². The van der Waals surface area contributed by atoms with E-state index in [1.807, 2.05) is 32.2 Å². The maximum absolute atomic E-state index is 6.06. The van der Waals surface area contributed by atoms with Crippen molar-refractivity contribution in [1.29, 1.82) is 0 Å². The molecule has 2 aromatic rings. The van der Waals surface area contributed by atoms with Crippen molar-refractivity contribution in [2.45, 2.75) is 20.4 Å². The third-order valence-electron chi connectivity index (χ3n) is 2.51. The van der Waals surface area contributed by atoms with Gasteiger partial charge in [-0.25, -0.2) is 4.98 Å². The second-order valence-electron chi connectivity index (χ2n) is 4.08. The zero-order valence-electron chi connectivity index (χ0n) is 10.9. The highest BCUT2D eigenvalue weighted by atomic mass is 35.5. The van der Waals surface area contributed by atoms with Crippen LogP contribution in [-0.2, 0) is 6.54 Å². The van der Waals surface area contributed by atoms with Crippen molar-refractivity contribution in [2.75, 3.05) is 17.2 Å². The number of aromatic nitrogens is 3. The molecule has 100 valence electrons. The topological polar surface area (TPSA) is 62.7 Å². The first kappa shape index (κ1) is 13.5. The largest absolute Gasteiger partial charge is 0.365 e. The SMILES string of the molecule is CCNc1ncc(Cl)c(NCc2ccc(C)nc2)n1. The summed E-state index contributed by atoms with van der Waals surface area (Å²) in [5.74, 6) is 1.18. The molecule has 0 atom stereocenters. The number of hydrogen-bond acceptors (Lipinski definition) is 5. The molecule has 0 saturated carbocycles. The van der Waals surface area contributed by atoms with Crippen molar-refractivity contribution in [2.24, 2.45) is 0 Å². The van der Waals surface area contributed by atoms with E-state index < -0.39 is 0 Å². The molecule has 0 fully saturated rings. The molecule has 0 bridgehead atoms. The molecule has 2 N–H and O–H groups in total. The van der Waals surface area contributed by atoms with E-state index >= 15 is 0 Å². The predicted molar refractivity (Wildman–Crippen MR) is 77.5 cm³/mol. The van der Waals surface area contributed by atoms with Crippen LogP contribution in [-0.4, -0.2) is 21.5 Å². The summed E-state index contributed by atoms with van der Waals surface area (Å²) in [6.07, 6.45) is 3.42. The third kappa shape index (κ3) is 3.79. The van der Waals surface area contributed by atoms with Crippen LogP contribution in [0.15, 0.2) is 24.5 Å². The lowest BCUT2D eigenvalue weighted by atomic mass is 10.2. The van der Waals surface area contributed by atoms with Gasteiger partial charge in [-0.1, -0.05) is 17.7 Å². The summed E-state index contributed by atoms with van der Waals surface area (Å²) < 4.78 is 0. The molecule has 0 radical (unpaired) electrons. The molecule has 2 rings (SSSR count). The minimum absolute atomic E-state index is 0.502. The number of pyridine rings is 1. The minimum Gasteiger partial charge on any atom is -0.365 e. The van der Waals surface area contributed by atoms with Gasteiger partial charge in [0.2, 0.25) is 5.95 Å². The van der Waals surface area contributed by atoms with Crippen molar-refractivity contribution < 1.29 is 0 Å². The average molecular weight is 278 g/mol. The monoisotopic (exact) mass is 277 g/mol. The molecule has 5 nitrogen and oxygen atoms in total. The van der Waals surface area contributed by atoms with E-state index in [2.05, 4.69) is 25.6 Å². The van der Waals surface area contributed by atoms with E-state index in [4.69, 9.17) is 11.6 Å². The number of nitrogens with zero attached hydrogens (tertiary/aromatic N) is 3. The molecule has 19 heavy (non-hydrogen) atoms. The van der Waals surface area contributed by atoms with E-state index in [9.17, 15) is 0 Å². The van der Waals surface area contributed by atoms with Crippen molar-refractivity contribution in [3.05, 3.63) is 40.8 Å². The quantitative estimate of drug-likeness (QED) is 0.880. The number of hydrogen-bond donors (Lipinski definition) is 2. The second kappa shape index (κ2) is 6.33. The van der Waals surface area contributed by atoms with Gasteiger partial charge in [0.15, 0.2) is 5.82 Å². The molecule has 0 aliphatic rings. The highest BCUT2D eigenvalue weighted by Crippen LogP contribution is 2.19. The van der Waals surface area contributed by atoms with Crippen LogP contribution in [0, 0.1) is 6.92 Å². The molecule has 2 heterocycles. The molecular weight excluding hydrogens is 262 g/mol. The van der Waals surface area contributed by atoms with Gasteiger partial charge < -0.3 is 10.6 Å². The smallest absolute Gasteiger partial charge is 0.224 e. The van der Waals surface area contributed by atoms with Crippen molar-refractivity contribution in [3.8, 4) is 0 Å². The van der Waals surface area contributed by atoms with Crippen LogP contribution in [0.4, 0.5) is 11.8 Å². The fraction of sp³-hybridized carbons (Fsp3) is 0.308. The Kier molecular flexibility index (Phi) is 4.52.